The number of aromatic nitrogens is 2. The molecule has 4 rings (SSSR count). The van der Waals surface area contributed by atoms with Gasteiger partial charge in [-0.15, -0.1) is 13.2 Å². The minimum atomic E-state index is -5.06. The number of alkyl halides is 3. The Morgan fingerprint density at radius 2 is 2.06 bits per heavy atom. The highest BCUT2D eigenvalue weighted by Gasteiger charge is 2.32. The van der Waals surface area contributed by atoms with Gasteiger partial charge in [0.1, 0.15) is 11.9 Å². The Balaban J connectivity index is 1.64. The van der Waals surface area contributed by atoms with Gasteiger partial charge in [-0.1, -0.05) is 0 Å². The predicted octanol–water partition coefficient (Wildman–Crippen LogP) is 4.12. The lowest BCUT2D eigenvalue weighted by molar-refractivity contribution is -0.275. The first-order valence-electron chi connectivity index (χ1n) is 10.7. The molecular weight excluding hydrogens is 482 g/mol. The van der Waals surface area contributed by atoms with E-state index in [1.54, 1.807) is 12.1 Å². The molecule has 1 fully saturated rings. The average Bonchev–Trinajstić information content (AvgIpc) is 3.34. The van der Waals surface area contributed by atoms with Gasteiger partial charge in [0.2, 0.25) is 0 Å². The van der Waals surface area contributed by atoms with Crippen LogP contribution in [0.4, 0.5) is 29.1 Å². The van der Waals surface area contributed by atoms with Crippen LogP contribution >= 0.6 is 0 Å². The van der Waals surface area contributed by atoms with Crippen LogP contribution in [-0.4, -0.2) is 47.0 Å². The Bertz CT molecular complexity index is 1330. The van der Waals surface area contributed by atoms with E-state index in [0.29, 0.717) is 41.7 Å². The van der Waals surface area contributed by atoms with E-state index in [0.717, 1.165) is 18.6 Å². The molecule has 186 valence electrons. The number of benzene rings is 1. The van der Waals surface area contributed by atoms with E-state index in [4.69, 9.17) is 0 Å². The number of carbonyl (C=O) groups is 1. The molecule has 0 radical (unpaired) electrons. The molecule has 12 heteroatoms. The minimum absolute atomic E-state index is 0.0289. The van der Waals surface area contributed by atoms with Gasteiger partial charge >= 0.3 is 6.36 Å². The van der Waals surface area contributed by atoms with Gasteiger partial charge in [0.25, 0.3) is 5.91 Å². The molecule has 1 aliphatic rings. The second-order valence-electron chi connectivity index (χ2n) is 8.10. The Morgan fingerprint density at radius 3 is 2.72 bits per heavy atom. The SMILES string of the molecule is N#Cc1cncc(-c2cc(C(=O)Nc3ccc(OC(F)(F)F)c(F)c3)cnc2N2CCC(CO)C2)c1. The fraction of sp³-hybridized carbons (Fsp3) is 0.250. The standard InChI is InChI=1S/C24H19F4N5O3/c25-20-7-18(1-2-21(20)36-24(26,27)28)32-23(35)17-6-19(16-5-15(8-29)9-30-10-16)22(31-11-17)33-4-3-14(12-33)13-34/h1-2,5-7,9-11,14,34H,3-4,12-13H2,(H,32,35). The monoisotopic (exact) mass is 501 g/mol. The van der Waals surface area contributed by atoms with Crippen LogP contribution in [-0.2, 0) is 0 Å². The second-order valence-corrected chi connectivity index (χ2v) is 8.10. The summed E-state index contributed by atoms with van der Waals surface area (Å²) >= 11 is 0. The van der Waals surface area contributed by atoms with Gasteiger partial charge in [-0.3, -0.25) is 9.78 Å². The molecule has 2 N–H and O–H groups in total. The van der Waals surface area contributed by atoms with Gasteiger partial charge in [0.05, 0.1) is 11.1 Å². The molecule has 1 aromatic carbocycles. The summed E-state index contributed by atoms with van der Waals surface area (Å²) in [5, 5.41) is 21.2. The highest BCUT2D eigenvalue weighted by molar-refractivity contribution is 6.05. The Kier molecular flexibility index (Phi) is 7.03. The van der Waals surface area contributed by atoms with Gasteiger partial charge in [-0.05, 0) is 30.7 Å². The van der Waals surface area contributed by atoms with Crippen molar-refractivity contribution in [3.8, 4) is 22.9 Å². The van der Waals surface area contributed by atoms with Crippen LogP contribution in [0.3, 0.4) is 0 Å². The maximum absolute atomic E-state index is 14.0. The van der Waals surface area contributed by atoms with Crippen LogP contribution in [0.5, 0.6) is 5.75 Å². The number of hydrogen-bond donors (Lipinski definition) is 2. The molecule has 0 aliphatic carbocycles. The fourth-order valence-electron chi connectivity index (χ4n) is 3.86. The van der Waals surface area contributed by atoms with Crippen molar-refractivity contribution in [1.29, 1.82) is 5.26 Å². The number of halogens is 4. The summed E-state index contributed by atoms with van der Waals surface area (Å²) in [6, 6.07) is 7.70. The molecule has 1 amide bonds. The van der Waals surface area contributed by atoms with Crippen molar-refractivity contribution in [3.63, 3.8) is 0 Å². The van der Waals surface area contributed by atoms with Crippen molar-refractivity contribution in [2.45, 2.75) is 12.8 Å². The molecule has 0 spiro atoms. The van der Waals surface area contributed by atoms with Crippen LogP contribution in [0.2, 0.25) is 0 Å². The third-order valence-electron chi connectivity index (χ3n) is 5.57. The number of hydrogen-bond acceptors (Lipinski definition) is 7. The van der Waals surface area contributed by atoms with E-state index in [1.165, 1.54) is 18.6 Å². The largest absolute Gasteiger partial charge is 0.573 e. The lowest BCUT2D eigenvalue weighted by Crippen LogP contribution is -2.23. The fourth-order valence-corrected chi connectivity index (χ4v) is 3.86. The molecular formula is C24H19F4N5O3. The van der Waals surface area contributed by atoms with E-state index < -0.39 is 23.8 Å². The lowest BCUT2D eigenvalue weighted by Gasteiger charge is -2.21. The third-order valence-corrected chi connectivity index (χ3v) is 5.57. The summed E-state index contributed by atoms with van der Waals surface area (Å²) in [4.78, 5) is 23.4. The summed E-state index contributed by atoms with van der Waals surface area (Å²) in [5.41, 5.74) is 1.37. The minimum Gasteiger partial charge on any atom is -0.403 e. The van der Waals surface area contributed by atoms with Crippen LogP contribution in [0, 0.1) is 23.1 Å². The molecule has 1 atom stereocenters. The zero-order chi connectivity index (χ0) is 25.9. The van der Waals surface area contributed by atoms with E-state index in [-0.39, 0.29) is 23.8 Å². The number of amides is 1. The number of nitriles is 1. The van der Waals surface area contributed by atoms with Crippen molar-refractivity contribution in [1.82, 2.24) is 9.97 Å². The Hall–Kier alpha value is -4.24. The zero-order valence-electron chi connectivity index (χ0n) is 18.6. The van der Waals surface area contributed by atoms with Crippen molar-refractivity contribution in [2.24, 2.45) is 5.92 Å². The maximum Gasteiger partial charge on any atom is 0.573 e. The summed E-state index contributed by atoms with van der Waals surface area (Å²) in [6.07, 6.45) is -0.0575. The molecule has 3 aromatic rings. The van der Waals surface area contributed by atoms with Crippen LogP contribution in [0.25, 0.3) is 11.1 Å². The quantitative estimate of drug-likeness (QED) is 0.489. The highest BCUT2D eigenvalue weighted by Crippen LogP contribution is 2.33. The molecule has 0 saturated carbocycles. The first-order chi connectivity index (χ1) is 17.2. The number of nitrogens with one attached hydrogen (secondary N) is 1. The van der Waals surface area contributed by atoms with Gasteiger partial charge in [-0.25, -0.2) is 9.37 Å². The van der Waals surface area contributed by atoms with E-state index in [9.17, 15) is 32.7 Å². The predicted molar refractivity (Wildman–Crippen MR) is 121 cm³/mol. The number of aliphatic hydroxyl groups excluding tert-OH is 1. The normalized spacial score (nSPS) is 15.4. The number of carbonyl (C=O) groups excluding carboxylic acids is 1. The Labute approximate surface area is 202 Å². The van der Waals surface area contributed by atoms with Gasteiger partial charge in [-0.2, -0.15) is 5.26 Å². The lowest BCUT2D eigenvalue weighted by atomic mass is 10.0. The van der Waals surface area contributed by atoms with Crippen molar-refractivity contribution in [2.75, 3.05) is 29.9 Å². The smallest absolute Gasteiger partial charge is 0.403 e. The third kappa shape index (κ3) is 5.69. The van der Waals surface area contributed by atoms with Crippen LogP contribution in [0.15, 0.2) is 48.9 Å². The van der Waals surface area contributed by atoms with Crippen molar-refractivity contribution < 1.29 is 32.2 Å². The first-order valence-corrected chi connectivity index (χ1v) is 10.7. The maximum atomic E-state index is 14.0. The molecule has 3 heterocycles. The van der Waals surface area contributed by atoms with E-state index in [2.05, 4.69) is 20.0 Å². The number of nitrogens with zero attached hydrogens (tertiary/aromatic N) is 4. The molecule has 36 heavy (non-hydrogen) atoms. The number of anilines is 2. The van der Waals surface area contributed by atoms with Crippen LogP contribution in [0.1, 0.15) is 22.3 Å². The number of pyridine rings is 2. The van der Waals surface area contributed by atoms with Crippen molar-refractivity contribution >= 4 is 17.4 Å². The van der Waals surface area contributed by atoms with Crippen LogP contribution < -0.4 is 15.0 Å². The Morgan fingerprint density at radius 1 is 1.25 bits per heavy atom. The molecule has 0 bridgehead atoms. The summed E-state index contributed by atoms with van der Waals surface area (Å²) < 4.78 is 54.7. The first kappa shape index (κ1) is 24.9. The zero-order valence-corrected chi connectivity index (χ0v) is 18.6. The summed E-state index contributed by atoms with van der Waals surface area (Å²) in [5.74, 6) is -2.39. The average molecular weight is 501 g/mol. The number of aliphatic hydroxyl groups is 1. The molecule has 2 aromatic heterocycles. The van der Waals surface area contributed by atoms with E-state index >= 15 is 0 Å². The molecule has 1 unspecified atom stereocenters. The molecule has 8 nitrogen and oxygen atoms in total. The summed E-state index contributed by atoms with van der Waals surface area (Å²) in [6.45, 7) is 1.22. The van der Waals surface area contributed by atoms with Gasteiger partial charge < -0.3 is 20.1 Å². The van der Waals surface area contributed by atoms with Gasteiger partial charge in [0.15, 0.2) is 11.6 Å². The highest BCUT2D eigenvalue weighted by atomic mass is 19.4. The van der Waals surface area contributed by atoms with E-state index in [1.807, 2.05) is 11.0 Å². The van der Waals surface area contributed by atoms with Crippen molar-refractivity contribution in [3.05, 3.63) is 65.9 Å². The summed E-state index contributed by atoms with van der Waals surface area (Å²) in [7, 11) is 0. The molecule has 1 aliphatic heterocycles. The van der Waals surface area contributed by atoms with Gasteiger partial charge in [0, 0.05) is 67.1 Å². The number of ether oxygens (including phenoxy) is 1. The molecule has 1 saturated heterocycles. The second kappa shape index (κ2) is 10.2. The number of rotatable bonds is 6. The topological polar surface area (TPSA) is 111 Å².